The molecule has 2 N–H and O–H groups in total. The molecule has 0 heterocycles. The SMILES string of the molecule is CC(C)(COCc1ccccc1)C(O)CCO. The second-order valence-electron chi connectivity index (χ2n) is 5.00. The van der Waals surface area contributed by atoms with Gasteiger partial charge >= 0.3 is 0 Å². The predicted molar refractivity (Wildman–Crippen MR) is 67.6 cm³/mol. The summed E-state index contributed by atoms with van der Waals surface area (Å²) in [5, 5.41) is 18.6. The van der Waals surface area contributed by atoms with Crippen LogP contribution in [0.4, 0.5) is 0 Å². The van der Waals surface area contributed by atoms with E-state index in [1.54, 1.807) is 0 Å². The largest absolute Gasteiger partial charge is 0.396 e. The lowest BCUT2D eigenvalue weighted by atomic mass is 9.86. The van der Waals surface area contributed by atoms with Gasteiger partial charge < -0.3 is 14.9 Å². The number of hydrogen-bond donors (Lipinski definition) is 2. The summed E-state index contributed by atoms with van der Waals surface area (Å²) >= 11 is 0. The molecule has 96 valence electrons. The first-order valence-electron chi connectivity index (χ1n) is 5.97. The minimum atomic E-state index is -0.539. The molecule has 0 amide bonds. The van der Waals surface area contributed by atoms with Gasteiger partial charge in [0, 0.05) is 12.0 Å². The van der Waals surface area contributed by atoms with Crippen LogP contribution in [0.5, 0.6) is 0 Å². The number of aliphatic hydroxyl groups excluding tert-OH is 2. The molecule has 3 nitrogen and oxygen atoms in total. The Labute approximate surface area is 103 Å². The van der Waals surface area contributed by atoms with Crippen LogP contribution in [0.3, 0.4) is 0 Å². The lowest BCUT2D eigenvalue weighted by Gasteiger charge is -2.29. The zero-order valence-corrected chi connectivity index (χ0v) is 10.6. The second kappa shape index (κ2) is 6.74. The number of aliphatic hydroxyl groups is 2. The molecule has 0 aliphatic rings. The predicted octanol–water partition coefficient (Wildman–Crippen LogP) is 1.97. The summed E-state index contributed by atoms with van der Waals surface area (Å²) in [4.78, 5) is 0. The second-order valence-corrected chi connectivity index (χ2v) is 5.00. The van der Waals surface area contributed by atoms with Gasteiger partial charge in [0.2, 0.25) is 0 Å². The number of ether oxygens (including phenoxy) is 1. The van der Waals surface area contributed by atoms with Crippen LogP contribution in [0.2, 0.25) is 0 Å². The smallest absolute Gasteiger partial charge is 0.0717 e. The summed E-state index contributed by atoms with van der Waals surface area (Å²) in [6, 6.07) is 9.95. The van der Waals surface area contributed by atoms with Crippen molar-refractivity contribution in [2.24, 2.45) is 5.41 Å². The maximum absolute atomic E-state index is 9.83. The van der Waals surface area contributed by atoms with Gasteiger partial charge in [0.25, 0.3) is 0 Å². The maximum Gasteiger partial charge on any atom is 0.0717 e. The van der Waals surface area contributed by atoms with Gasteiger partial charge in [0.05, 0.1) is 19.3 Å². The topological polar surface area (TPSA) is 49.7 Å². The molecule has 17 heavy (non-hydrogen) atoms. The fraction of sp³-hybridized carbons (Fsp3) is 0.571. The Balaban J connectivity index is 2.35. The van der Waals surface area contributed by atoms with Crippen molar-refractivity contribution in [2.75, 3.05) is 13.2 Å². The third-order valence-electron chi connectivity index (χ3n) is 2.89. The van der Waals surface area contributed by atoms with Crippen LogP contribution in [0.25, 0.3) is 0 Å². The molecule has 0 aromatic heterocycles. The van der Waals surface area contributed by atoms with Crippen LogP contribution in [-0.4, -0.2) is 29.5 Å². The number of hydrogen-bond acceptors (Lipinski definition) is 3. The van der Waals surface area contributed by atoms with Crippen LogP contribution >= 0.6 is 0 Å². The summed E-state index contributed by atoms with van der Waals surface area (Å²) in [5.74, 6) is 0. The third-order valence-corrected chi connectivity index (χ3v) is 2.89. The zero-order valence-electron chi connectivity index (χ0n) is 10.6. The molecule has 0 radical (unpaired) electrons. The van der Waals surface area contributed by atoms with Crippen LogP contribution in [-0.2, 0) is 11.3 Å². The number of benzene rings is 1. The molecule has 1 atom stereocenters. The van der Waals surface area contributed by atoms with Gasteiger partial charge in [0.1, 0.15) is 0 Å². The molecule has 0 saturated carbocycles. The summed E-state index contributed by atoms with van der Waals surface area (Å²) in [6.45, 7) is 4.92. The van der Waals surface area contributed by atoms with Crippen molar-refractivity contribution < 1.29 is 14.9 Å². The molecule has 1 aromatic carbocycles. The quantitative estimate of drug-likeness (QED) is 0.763. The maximum atomic E-state index is 9.83. The highest BCUT2D eigenvalue weighted by Gasteiger charge is 2.27. The lowest BCUT2D eigenvalue weighted by molar-refractivity contribution is -0.0377. The van der Waals surface area contributed by atoms with E-state index < -0.39 is 6.10 Å². The first-order chi connectivity index (χ1) is 8.06. The summed E-state index contributed by atoms with van der Waals surface area (Å²) < 4.78 is 5.61. The first kappa shape index (κ1) is 14.2. The van der Waals surface area contributed by atoms with Crippen LogP contribution < -0.4 is 0 Å². The van der Waals surface area contributed by atoms with E-state index in [0.717, 1.165) is 5.56 Å². The average molecular weight is 238 g/mol. The van der Waals surface area contributed by atoms with Gasteiger partial charge in [-0.1, -0.05) is 44.2 Å². The Bertz CT molecular complexity index is 309. The normalized spacial score (nSPS) is 13.6. The van der Waals surface area contributed by atoms with Gasteiger partial charge in [-0.05, 0) is 12.0 Å². The number of rotatable bonds is 7. The Morgan fingerprint density at radius 2 is 1.88 bits per heavy atom. The molecule has 0 saturated heterocycles. The Hall–Kier alpha value is -0.900. The van der Waals surface area contributed by atoms with Crippen LogP contribution in [0.15, 0.2) is 30.3 Å². The van der Waals surface area contributed by atoms with E-state index in [2.05, 4.69) is 0 Å². The van der Waals surface area contributed by atoms with Crippen molar-refractivity contribution in [3.63, 3.8) is 0 Å². The molecular formula is C14H22O3. The molecular weight excluding hydrogens is 216 g/mol. The van der Waals surface area contributed by atoms with Crippen molar-refractivity contribution in [2.45, 2.75) is 33.0 Å². The fourth-order valence-electron chi connectivity index (χ4n) is 1.62. The molecule has 0 spiro atoms. The molecule has 3 heteroatoms. The molecule has 1 aromatic rings. The lowest BCUT2D eigenvalue weighted by Crippen LogP contribution is -2.34. The van der Waals surface area contributed by atoms with Gasteiger partial charge in [-0.25, -0.2) is 0 Å². The Kier molecular flexibility index (Phi) is 5.62. The Morgan fingerprint density at radius 3 is 2.47 bits per heavy atom. The third kappa shape index (κ3) is 4.86. The van der Waals surface area contributed by atoms with Crippen molar-refractivity contribution in [1.82, 2.24) is 0 Å². The van der Waals surface area contributed by atoms with E-state index in [4.69, 9.17) is 9.84 Å². The minimum Gasteiger partial charge on any atom is -0.396 e. The van der Waals surface area contributed by atoms with Gasteiger partial charge in [-0.2, -0.15) is 0 Å². The minimum absolute atomic E-state index is 0.00326. The highest BCUT2D eigenvalue weighted by molar-refractivity contribution is 5.13. The van der Waals surface area contributed by atoms with Crippen molar-refractivity contribution >= 4 is 0 Å². The summed E-state index contributed by atoms with van der Waals surface area (Å²) in [6.07, 6.45) is -0.148. The fourth-order valence-corrected chi connectivity index (χ4v) is 1.62. The highest BCUT2D eigenvalue weighted by atomic mass is 16.5. The van der Waals surface area contributed by atoms with E-state index in [0.29, 0.717) is 19.6 Å². The van der Waals surface area contributed by atoms with E-state index in [-0.39, 0.29) is 12.0 Å². The average Bonchev–Trinajstić information content (AvgIpc) is 2.30. The molecule has 1 unspecified atom stereocenters. The Morgan fingerprint density at radius 1 is 1.24 bits per heavy atom. The van der Waals surface area contributed by atoms with Crippen molar-refractivity contribution in [3.05, 3.63) is 35.9 Å². The highest BCUT2D eigenvalue weighted by Crippen LogP contribution is 2.23. The summed E-state index contributed by atoms with van der Waals surface area (Å²) in [5.41, 5.74) is 0.789. The van der Waals surface area contributed by atoms with Gasteiger partial charge in [0.15, 0.2) is 0 Å². The zero-order chi connectivity index (χ0) is 12.7. The standard InChI is InChI=1S/C14H22O3/c1-14(2,13(16)8-9-15)11-17-10-12-6-4-3-5-7-12/h3-7,13,15-16H,8-11H2,1-2H3. The molecule has 0 aliphatic heterocycles. The summed E-state index contributed by atoms with van der Waals surface area (Å²) in [7, 11) is 0. The molecule has 1 rings (SSSR count). The van der Waals surface area contributed by atoms with Gasteiger partial charge in [-0.3, -0.25) is 0 Å². The van der Waals surface area contributed by atoms with E-state index in [9.17, 15) is 5.11 Å². The van der Waals surface area contributed by atoms with Crippen molar-refractivity contribution in [1.29, 1.82) is 0 Å². The molecule has 0 aliphatic carbocycles. The van der Waals surface area contributed by atoms with Crippen LogP contribution in [0.1, 0.15) is 25.8 Å². The van der Waals surface area contributed by atoms with E-state index >= 15 is 0 Å². The van der Waals surface area contributed by atoms with Gasteiger partial charge in [-0.15, -0.1) is 0 Å². The van der Waals surface area contributed by atoms with E-state index in [1.165, 1.54) is 0 Å². The van der Waals surface area contributed by atoms with Crippen LogP contribution in [0, 0.1) is 5.41 Å². The molecule has 0 fully saturated rings. The first-order valence-corrected chi connectivity index (χ1v) is 5.97. The monoisotopic (exact) mass is 238 g/mol. The molecule has 0 bridgehead atoms. The van der Waals surface area contributed by atoms with E-state index in [1.807, 2.05) is 44.2 Å². The van der Waals surface area contributed by atoms with Crippen molar-refractivity contribution in [3.8, 4) is 0 Å².